The van der Waals surface area contributed by atoms with Crippen LogP contribution in [0.2, 0.25) is 0 Å². The number of likely N-dealkylation sites (tertiary alicyclic amines) is 2. The summed E-state index contributed by atoms with van der Waals surface area (Å²) in [5, 5.41) is 6.90. The molecule has 0 atom stereocenters. The van der Waals surface area contributed by atoms with E-state index in [1.54, 1.807) is 20.8 Å². The second kappa shape index (κ2) is 10.8. The Hall–Kier alpha value is -2.58. The Balaban J connectivity index is 1.37. The summed E-state index contributed by atoms with van der Waals surface area (Å²) in [7, 11) is 0. The Bertz CT molecular complexity index is 794. The van der Waals surface area contributed by atoms with Crippen LogP contribution in [0.25, 0.3) is 0 Å². The summed E-state index contributed by atoms with van der Waals surface area (Å²) in [5.74, 6) is 0.405. The molecule has 178 valence electrons. The minimum absolute atomic E-state index is 0.00773. The lowest BCUT2D eigenvalue weighted by Crippen LogP contribution is -2.46. The second-order valence-corrected chi connectivity index (χ2v) is 9.01. The van der Waals surface area contributed by atoms with Crippen LogP contribution in [0.15, 0.2) is 4.52 Å². The zero-order chi connectivity index (χ0) is 23.1. The highest BCUT2D eigenvalue weighted by atomic mass is 16.5. The van der Waals surface area contributed by atoms with Gasteiger partial charge < -0.3 is 24.4 Å². The zero-order valence-corrected chi connectivity index (χ0v) is 19.6. The fourth-order valence-corrected chi connectivity index (χ4v) is 4.76. The van der Waals surface area contributed by atoms with Crippen LogP contribution in [0.4, 0.5) is 4.79 Å². The third-order valence-corrected chi connectivity index (χ3v) is 6.72. The van der Waals surface area contributed by atoms with Crippen LogP contribution >= 0.6 is 0 Å². The van der Waals surface area contributed by atoms with Crippen LogP contribution in [-0.2, 0) is 9.53 Å². The number of unbranched alkanes of at least 4 members (excludes halogenated alkanes) is 2. The molecule has 2 aliphatic rings. The minimum Gasteiger partial charge on any atom is -0.466 e. The molecule has 9 nitrogen and oxygen atoms in total. The number of aryl methyl sites for hydroxylation is 2. The van der Waals surface area contributed by atoms with Crippen LogP contribution in [0.3, 0.4) is 0 Å². The number of nitrogens with one attached hydrogen (secondary N) is 1. The molecular formula is C23H36N4O5. The number of esters is 1. The number of amides is 3. The molecule has 1 N–H and O–H groups in total. The summed E-state index contributed by atoms with van der Waals surface area (Å²) in [4.78, 5) is 40.5. The minimum atomic E-state index is -0.154. The fourth-order valence-electron chi connectivity index (χ4n) is 4.76. The van der Waals surface area contributed by atoms with Gasteiger partial charge in [0.25, 0.3) is 5.91 Å². The van der Waals surface area contributed by atoms with Gasteiger partial charge in [0.1, 0.15) is 11.3 Å². The Labute approximate surface area is 189 Å². The van der Waals surface area contributed by atoms with Crippen LogP contribution in [0.5, 0.6) is 0 Å². The lowest BCUT2D eigenvalue weighted by atomic mass is 9.77. The molecule has 9 heteroatoms. The van der Waals surface area contributed by atoms with E-state index < -0.39 is 0 Å². The summed E-state index contributed by atoms with van der Waals surface area (Å²) in [6, 6.07) is -0.0125. The quantitative estimate of drug-likeness (QED) is 0.484. The average molecular weight is 449 g/mol. The number of piperidine rings is 1. The van der Waals surface area contributed by atoms with Gasteiger partial charge in [0, 0.05) is 39.1 Å². The molecule has 3 heterocycles. The predicted molar refractivity (Wildman–Crippen MR) is 118 cm³/mol. The van der Waals surface area contributed by atoms with E-state index in [9.17, 15) is 14.4 Å². The average Bonchev–Trinajstić information content (AvgIpc) is 3.34. The van der Waals surface area contributed by atoms with E-state index in [1.165, 1.54) is 0 Å². The number of hydrogen-bond acceptors (Lipinski definition) is 6. The first kappa shape index (κ1) is 24.1. The van der Waals surface area contributed by atoms with Crippen LogP contribution in [0, 0.1) is 19.3 Å². The lowest BCUT2D eigenvalue weighted by molar-refractivity contribution is -0.143. The van der Waals surface area contributed by atoms with Gasteiger partial charge in [-0.1, -0.05) is 11.6 Å². The van der Waals surface area contributed by atoms with Gasteiger partial charge in [0.05, 0.1) is 12.3 Å². The number of rotatable bonds is 8. The number of hydrogen-bond donors (Lipinski definition) is 1. The monoisotopic (exact) mass is 448 g/mol. The van der Waals surface area contributed by atoms with Crippen molar-refractivity contribution in [1.82, 2.24) is 20.3 Å². The van der Waals surface area contributed by atoms with E-state index in [1.807, 2.05) is 9.80 Å². The van der Waals surface area contributed by atoms with Crippen molar-refractivity contribution >= 4 is 17.9 Å². The molecule has 2 aliphatic heterocycles. The molecular weight excluding hydrogens is 412 g/mol. The van der Waals surface area contributed by atoms with Crippen LogP contribution in [-0.4, -0.2) is 72.2 Å². The molecule has 2 fully saturated rings. The molecule has 0 bridgehead atoms. The lowest BCUT2D eigenvalue weighted by Gasteiger charge is -2.39. The van der Waals surface area contributed by atoms with Gasteiger partial charge in [-0.15, -0.1) is 0 Å². The SMILES string of the molecule is CCOC(=O)CCCCCNC(=O)N1CCC2(CCN(C(=O)c3c(C)noc3C)CC2)C1. The van der Waals surface area contributed by atoms with Gasteiger partial charge >= 0.3 is 12.0 Å². The van der Waals surface area contributed by atoms with Crippen LogP contribution < -0.4 is 5.32 Å². The molecule has 3 rings (SSSR count). The molecule has 1 aromatic rings. The maximum absolute atomic E-state index is 12.9. The van der Waals surface area contributed by atoms with Gasteiger partial charge in [-0.25, -0.2) is 4.79 Å². The maximum atomic E-state index is 12.9. The molecule has 2 saturated heterocycles. The molecule has 3 amide bonds. The highest BCUT2D eigenvalue weighted by molar-refractivity contribution is 5.96. The van der Waals surface area contributed by atoms with Gasteiger partial charge in [-0.2, -0.15) is 0 Å². The van der Waals surface area contributed by atoms with E-state index in [2.05, 4.69) is 10.5 Å². The van der Waals surface area contributed by atoms with E-state index in [0.717, 1.165) is 51.6 Å². The van der Waals surface area contributed by atoms with E-state index in [-0.39, 0.29) is 23.3 Å². The molecule has 1 spiro atoms. The molecule has 1 aromatic heterocycles. The Morgan fingerprint density at radius 3 is 2.38 bits per heavy atom. The molecule has 0 unspecified atom stereocenters. The molecule has 0 aliphatic carbocycles. The van der Waals surface area contributed by atoms with Gasteiger partial charge in [-0.3, -0.25) is 9.59 Å². The van der Waals surface area contributed by atoms with Crippen molar-refractivity contribution in [3.05, 3.63) is 17.0 Å². The number of aromatic nitrogens is 1. The first-order valence-electron chi connectivity index (χ1n) is 11.8. The van der Waals surface area contributed by atoms with E-state index in [4.69, 9.17) is 9.26 Å². The van der Waals surface area contributed by atoms with Gasteiger partial charge in [-0.05, 0) is 58.3 Å². The molecule has 0 radical (unpaired) electrons. The zero-order valence-electron chi connectivity index (χ0n) is 19.6. The number of nitrogens with zero attached hydrogens (tertiary/aromatic N) is 3. The van der Waals surface area contributed by atoms with Gasteiger partial charge in [0.15, 0.2) is 0 Å². The van der Waals surface area contributed by atoms with Gasteiger partial charge in [0.2, 0.25) is 0 Å². The smallest absolute Gasteiger partial charge is 0.317 e. The standard InChI is InChI=1S/C23H36N4O5/c1-4-31-19(28)8-6-5-7-12-24-22(30)27-15-11-23(16-27)9-13-26(14-10-23)21(29)20-17(2)25-32-18(20)3/h4-16H2,1-3H3,(H,24,30). The van der Waals surface area contributed by atoms with Crippen molar-refractivity contribution in [2.75, 3.05) is 39.3 Å². The van der Waals surface area contributed by atoms with Crippen LogP contribution in [0.1, 0.15) is 73.7 Å². The maximum Gasteiger partial charge on any atom is 0.317 e. The molecule has 0 aromatic carbocycles. The van der Waals surface area contributed by atoms with E-state index in [0.29, 0.717) is 49.7 Å². The van der Waals surface area contributed by atoms with Crippen molar-refractivity contribution in [1.29, 1.82) is 0 Å². The molecule has 32 heavy (non-hydrogen) atoms. The highest BCUT2D eigenvalue weighted by Crippen LogP contribution is 2.40. The normalized spacial score (nSPS) is 17.6. The third kappa shape index (κ3) is 5.81. The number of urea groups is 1. The summed E-state index contributed by atoms with van der Waals surface area (Å²) in [6.45, 7) is 9.29. The topological polar surface area (TPSA) is 105 Å². The highest BCUT2D eigenvalue weighted by Gasteiger charge is 2.43. The first-order valence-corrected chi connectivity index (χ1v) is 11.8. The van der Waals surface area contributed by atoms with Crippen molar-refractivity contribution in [3.8, 4) is 0 Å². The second-order valence-electron chi connectivity index (χ2n) is 9.01. The summed E-state index contributed by atoms with van der Waals surface area (Å²) in [6.07, 6.45) is 5.74. The fraction of sp³-hybridized carbons (Fsp3) is 0.739. The van der Waals surface area contributed by atoms with Crippen molar-refractivity contribution in [2.45, 2.75) is 65.7 Å². The van der Waals surface area contributed by atoms with Crippen molar-refractivity contribution < 1.29 is 23.6 Å². The third-order valence-electron chi connectivity index (χ3n) is 6.72. The predicted octanol–water partition coefficient (Wildman–Crippen LogP) is 3.05. The summed E-state index contributed by atoms with van der Waals surface area (Å²) < 4.78 is 10.1. The Morgan fingerprint density at radius 2 is 1.75 bits per heavy atom. The van der Waals surface area contributed by atoms with Crippen molar-refractivity contribution in [3.63, 3.8) is 0 Å². The Morgan fingerprint density at radius 1 is 1.06 bits per heavy atom. The number of carbonyl (C=O) groups is 3. The van der Waals surface area contributed by atoms with Crippen molar-refractivity contribution in [2.24, 2.45) is 5.41 Å². The molecule has 0 saturated carbocycles. The largest absolute Gasteiger partial charge is 0.466 e. The number of carbonyl (C=O) groups excluding carboxylic acids is 3. The summed E-state index contributed by atoms with van der Waals surface area (Å²) in [5.41, 5.74) is 1.32. The first-order chi connectivity index (χ1) is 15.3. The number of ether oxygens (including phenoxy) is 1. The van der Waals surface area contributed by atoms with E-state index >= 15 is 0 Å². The Kier molecular flexibility index (Phi) is 8.15. The summed E-state index contributed by atoms with van der Waals surface area (Å²) >= 11 is 0.